The van der Waals surface area contributed by atoms with Crippen molar-refractivity contribution >= 4 is 0 Å². The summed E-state index contributed by atoms with van der Waals surface area (Å²) in [5.74, 6) is 3.02. The molecule has 17 heavy (non-hydrogen) atoms. The van der Waals surface area contributed by atoms with Gasteiger partial charge in [0.25, 0.3) is 0 Å². The lowest BCUT2D eigenvalue weighted by molar-refractivity contribution is 0.437. The van der Waals surface area contributed by atoms with Crippen LogP contribution in [0.15, 0.2) is 22.9 Å². The Hall–Kier alpha value is -1.55. The quantitative estimate of drug-likeness (QED) is 0.861. The van der Waals surface area contributed by atoms with E-state index in [-0.39, 0.29) is 0 Å². The first kappa shape index (κ1) is 11.9. The Morgan fingerprint density at radius 3 is 2.88 bits per heavy atom. The second kappa shape index (κ2) is 5.19. The number of hydrogen-bond donors (Lipinski definition) is 1. The third kappa shape index (κ3) is 2.77. The summed E-state index contributed by atoms with van der Waals surface area (Å²) in [6.45, 7) is 8.67. The van der Waals surface area contributed by atoms with Crippen LogP contribution in [0.2, 0.25) is 0 Å². The lowest BCUT2D eigenvalue weighted by Gasteiger charge is -2.02. The van der Waals surface area contributed by atoms with Gasteiger partial charge in [-0.1, -0.05) is 6.92 Å². The smallest absolute Gasteiger partial charge is 0.124 e. The Morgan fingerprint density at radius 2 is 2.24 bits per heavy atom. The monoisotopic (exact) mass is 233 g/mol. The largest absolute Gasteiger partial charge is 0.463 e. The van der Waals surface area contributed by atoms with Gasteiger partial charge in [-0.25, -0.2) is 4.98 Å². The highest BCUT2D eigenvalue weighted by Crippen LogP contribution is 2.16. The zero-order valence-electron chi connectivity index (χ0n) is 10.7. The minimum absolute atomic E-state index is 0.749. The number of furan rings is 1. The fraction of sp³-hybridized carbons (Fsp3) is 0.462. The van der Waals surface area contributed by atoms with Gasteiger partial charge in [-0.3, -0.25) is 0 Å². The topological polar surface area (TPSA) is 43.0 Å². The zero-order chi connectivity index (χ0) is 12.3. The second-order valence-corrected chi connectivity index (χ2v) is 4.20. The molecule has 0 spiro atoms. The Kier molecular flexibility index (Phi) is 3.64. The normalized spacial score (nSPS) is 11.0. The predicted octanol–water partition coefficient (Wildman–Crippen LogP) is 2.25. The SMILES string of the molecule is CCNCc1oc(Cn2ccnc2C)cc1C. The fourth-order valence-electron chi connectivity index (χ4n) is 1.82. The summed E-state index contributed by atoms with van der Waals surface area (Å²) in [7, 11) is 0. The molecule has 0 aliphatic rings. The standard InChI is InChI=1S/C13H19N3O/c1-4-14-8-13-10(2)7-12(17-13)9-16-6-5-15-11(16)3/h5-7,14H,4,8-9H2,1-3H3. The lowest BCUT2D eigenvalue weighted by atomic mass is 10.2. The van der Waals surface area contributed by atoms with Crippen molar-refractivity contribution in [3.8, 4) is 0 Å². The molecular formula is C13H19N3O. The Morgan fingerprint density at radius 1 is 1.41 bits per heavy atom. The average molecular weight is 233 g/mol. The van der Waals surface area contributed by atoms with E-state index in [1.807, 2.05) is 19.3 Å². The van der Waals surface area contributed by atoms with E-state index in [1.165, 1.54) is 5.56 Å². The number of nitrogens with zero attached hydrogens (tertiary/aromatic N) is 2. The molecule has 0 aliphatic carbocycles. The van der Waals surface area contributed by atoms with E-state index >= 15 is 0 Å². The molecule has 2 heterocycles. The van der Waals surface area contributed by atoms with Crippen LogP contribution in [-0.2, 0) is 13.1 Å². The van der Waals surface area contributed by atoms with Gasteiger partial charge in [0.2, 0.25) is 0 Å². The number of rotatable bonds is 5. The number of aryl methyl sites for hydroxylation is 2. The van der Waals surface area contributed by atoms with Crippen molar-refractivity contribution in [3.63, 3.8) is 0 Å². The molecule has 0 fully saturated rings. The number of aromatic nitrogens is 2. The maximum absolute atomic E-state index is 5.83. The van der Waals surface area contributed by atoms with Crippen LogP contribution in [0, 0.1) is 13.8 Å². The Bertz CT molecular complexity index is 485. The van der Waals surface area contributed by atoms with Crippen LogP contribution in [0.1, 0.15) is 29.8 Å². The summed E-state index contributed by atoms with van der Waals surface area (Å²) in [5.41, 5.74) is 1.21. The van der Waals surface area contributed by atoms with E-state index in [4.69, 9.17) is 4.42 Å². The minimum Gasteiger partial charge on any atom is -0.463 e. The molecule has 0 saturated carbocycles. The molecule has 2 rings (SSSR count). The van der Waals surface area contributed by atoms with Crippen molar-refractivity contribution in [2.45, 2.75) is 33.9 Å². The van der Waals surface area contributed by atoms with Crippen molar-refractivity contribution in [2.75, 3.05) is 6.54 Å². The van der Waals surface area contributed by atoms with E-state index in [2.05, 4.69) is 34.8 Å². The van der Waals surface area contributed by atoms with Crippen LogP contribution in [-0.4, -0.2) is 16.1 Å². The van der Waals surface area contributed by atoms with Crippen LogP contribution < -0.4 is 5.32 Å². The highest BCUT2D eigenvalue weighted by Gasteiger charge is 2.08. The van der Waals surface area contributed by atoms with Gasteiger partial charge < -0.3 is 14.3 Å². The molecule has 0 amide bonds. The lowest BCUT2D eigenvalue weighted by Crippen LogP contribution is -2.11. The van der Waals surface area contributed by atoms with Crippen LogP contribution >= 0.6 is 0 Å². The molecule has 0 aromatic carbocycles. The fourth-order valence-corrected chi connectivity index (χ4v) is 1.82. The molecule has 0 bridgehead atoms. The van der Waals surface area contributed by atoms with E-state index in [0.717, 1.165) is 37.0 Å². The van der Waals surface area contributed by atoms with Crippen molar-refractivity contribution in [1.82, 2.24) is 14.9 Å². The van der Waals surface area contributed by atoms with Gasteiger partial charge in [0.05, 0.1) is 13.1 Å². The predicted molar refractivity (Wildman–Crippen MR) is 66.9 cm³/mol. The molecule has 0 aliphatic heterocycles. The Labute approximate surface area is 102 Å². The number of hydrogen-bond acceptors (Lipinski definition) is 3. The maximum atomic E-state index is 5.83. The van der Waals surface area contributed by atoms with Crippen LogP contribution in [0.3, 0.4) is 0 Å². The number of imidazole rings is 1. The van der Waals surface area contributed by atoms with E-state index < -0.39 is 0 Å². The van der Waals surface area contributed by atoms with Crippen LogP contribution in [0.4, 0.5) is 0 Å². The first-order valence-corrected chi connectivity index (χ1v) is 5.97. The molecule has 0 saturated heterocycles. The summed E-state index contributed by atoms with van der Waals surface area (Å²) in [5, 5.41) is 3.28. The summed E-state index contributed by atoms with van der Waals surface area (Å²) >= 11 is 0. The molecule has 4 heteroatoms. The van der Waals surface area contributed by atoms with Crippen LogP contribution in [0.25, 0.3) is 0 Å². The van der Waals surface area contributed by atoms with Crippen molar-refractivity contribution in [3.05, 3.63) is 41.4 Å². The second-order valence-electron chi connectivity index (χ2n) is 4.20. The number of nitrogens with one attached hydrogen (secondary N) is 1. The van der Waals surface area contributed by atoms with Gasteiger partial charge in [0.1, 0.15) is 17.3 Å². The summed E-state index contributed by atoms with van der Waals surface area (Å²) in [4.78, 5) is 4.20. The first-order chi connectivity index (χ1) is 8.20. The van der Waals surface area contributed by atoms with Crippen molar-refractivity contribution < 1.29 is 4.42 Å². The zero-order valence-corrected chi connectivity index (χ0v) is 10.7. The molecular weight excluding hydrogens is 214 g/mol. The molecule has 92 valence electrons. The highest BCUT2D eigenvalue weighted by atomic mass is 16.3. The minimum atomic E-state index is 0.749. The van der Waals surface area contributed by atoms with Crippen molar-refractivity contribution in [2.24, 2.45) is 0 Å². The van der Waals surface area contributed by atoms with Gasteiger partial charge in [-0.15, -0.1) is 0 Å². The summed E-state index contributed by atoms with van der Waals surface area (Å²) in [6, 6.07) is 2.10. The molecule has 4 nitrogen and oxygen atoms in total. The molecule has 0 radical (unpaired) electrons. The molecule has 0 atom stereocenters. The first-order valence-electron chi connectivity index (χ1n) is 5.97. The van der Waals surface area contributed by atoms with Crippen LogP contribution in [0.5, 0.6) is 0 Å². The van der Waals surface area contributed by atoms with E-state index in [0.29, 0.717) is 0 Å². The molecule has 2 aromatic heterocycles. The van der Waals surface area contributed by atoms with Gasteiger partial charge >= 0.3 is 0 Å². The van der Waals surface area contributed by atoms with Gasteiger partial charge in [-0.2, -0.15) is 0 Å². The third-order valence-electron chi connectivity index (χ3n) is 2.86. The molecule has 0 unspecified atom stereocenters. The summed E-state index contributed by atoms with van der Waals surface area (Å²) < 4.78 is 7.91. The highest BCUT2D eigenvalue weighted by molar-refractivity contribution is 5.20. The van der Waals surface area contributed by atoms with Gasteiger partial charge in [0.15, 0.2) is 0 Å². The summed E-state index contributed by atoms with van der Waals surface area (Å²) in [6.07, 6.45) is 3.78. The maximum Gasteiger partial charge on any atom is 0.124 e. The van der Waals surface area contributed by atoms with E-state index in [9.17, 15) is 0 Å². The molecule has 2 aromatic rings. The van der Waals surface area contributed by atoms with E-state index in [1.54, 1.807) is 0 Å². The average Bonchev–Trinajstić information content (AvgIpc) is 2.84. The van der Waals surface area contributed by atoms with Gasteiger partial charge in [-0.05, 0) is 32.0 Å². The molecule has 1 N–H and O–H groups in total. The Balaban J connectivity index is 2.09. The van der Waals surface area contributed by atoms with Gasteiger partial charge in [0, 0.05) is 12.4 Å². The third-order valence-corrected chi connectivity index (χ3v) is 2.86. The van der Waals surface area contributed by atoms with Crippen molar-refractivity contribution in [1.29, 1.82) is 0 Å².